The fourth-order valence-corrected chi connectivity index (χ4v) is 8.16. The molecule has 0 aromatic heterocycles. The van der Waals surface area contributed by atoms with Gasteiger partial charge in [0.05, 0.1) is 12.2 Å². The molecule has 2 nitrogen and oxygen atoms in total. The Kier molecular flexibility index (Phi) is 6.08. The SMILES string of the molecule is CC(C)[C@@H](C)[C@H](O)C[C@@H](C)C1CCC2C3=CC=C4C[C@@H](O)CC[C@]4(C)C3CC[C@@]21C. The van der Waals surface area contributed by atoms with Gasteiger partial charge in [0.1, 0.15) is 0 Å². The quantitative estimate of drug-likeness (QED) is 0.537. The Morgan fingerprint density at radius 3 is 2.40 bits per heavy atom. The number of hydrogen-bond donors (Lipinski definition) is 2. The maximum atomic E-state index is 10.8. The van der Waals surface area contributed by atoms with E-state index in [0.29, 0.717) is 35.0 Å². The van der Waals surface area contributed by atoms with Gasteiger partial charge in [0.15, 0.2) is 0 Å². The van der Waals surface area contributed by atoms with Gasteiger partial charge in [-0.25, -0.2) is 0 Å². The van der Waals surface area contributed by atoms with Crippen molar-refractivity contribution in [2.24, 2.45) is 46.3 Å². The van der Waals surface area contributed by atoms with Crippen LogP contribution in [0, 0.1) is 46.3 Å². The van der Waals surface area contributed by atoms with Gasteiger partial charge in [-0.3, -0.25) is 0 Å². The van der Waals surface area contributed by atoms with E-state index in [2.05, 4.69) is 53.7 Å². The summed E-state index contributed by atoms with van der Waals surface area (Å²) < 4.78 is 0. The maximum Gasteiger partial charge on any atom is 0.0578 e. The van der Waals surface area contributed by atoms with E-state index in [9.17, 15) is 10.2 Å². The van der Waals surface area contributed by atoms with Crippen LogP contribution in [0.3, 0.4) is 0 Å². The third kappa shape index (κ3) is 3.54. The molecule has 0 aromatic carbocycles. The van der Waals surface area contributed by atoms with Crippen LogP contribution in [-0.2, 0) is 0 Å². The van der Waals surface area contributed by atoms with Gasteiger partial charge in [-0.15, -0.1) is 0 Å². The number of aliphatic hydroxyl groups excluding tert-OH is 2. The molecular formula is C28H46O2. The highest BCUT2D eigenvalue weighted by atomic mass is 16.3. The molecule has 0 radical (unpaired) electrons. The summed E-state index contributed by atoms with van der Waals surface area (Å²) >= 11 is 0. The highest BCUT2D eigenvalue weighted by Crippen LogP contribution is 2.66. The van der Waals surface area contributed by atoms with E-state index in [0.717, 1.165) is 31.6 Å². The van der Waals surface area contributed by atoms with Gasteiger partial charge >= 0.3 is 0 Å². The van der Waals surface area contributed by atoms with Crippen molar-refractivity contribution >= 4 is 0 Å². The molecular weight excluding hydrogens is 368 g/mol. The lowest BCUT2D eigenvalue weighted by atomic mass is 9.50. The van der Waals surface area contributed by atoms with E-state index in [1.54, 1.807) is 5.57 Å². The zero-order chi connectivity index (χ0) is 21.8. The first-order valence-corrected chi connectivity index (χ1v) is 12.8. The van der Waals surface area contributed by atoms with Crippen molar-refractivity contribution in [1.82, 2.24) is 0 Å². The second kappa shape index (κ2) is 8.07. The van der Waals surface area contributed by atoms with Gasteiger partial charge in [-0.1, -0.05) is 64.8 Å². The van der Waals surface area contributed by atoms with Crippen LogP contribution in [-0.4, -0.2) is 22.4 Å². The third-order valence-electron chi connectivity index (χ3n) is 10.6. The highest BCUT2D eigenvalue weighted by molar-refractivity contribution is 5.38. The van der Waals surface area contributed by atoms with E-state index in [1.807, 2.05) is 0 Å². The average molecular weight is 415 g/mol. The summed E-state index contributed by atoms with van der Waals surface area (Å²) in [5.41, 5.74) is 3.90. The summed E-state index contributed by atoms with van der Waals surface area (Å²) in [6, 6.07) is 0. The lowest BCUT2D eigenvalue weighted by molar-refractivity contribution is 0.0133. The van der Waals surface area contributed by atoms with Gasteiger partial charge in [-0.2, -0.15) is 0 Å². The Morgan fingerprint density at radius 1 is 0.967 bits per heavy atom. The molecule has 0 saturated heterocycles. The molecule has 170 valence electrons. The molecule has 2 N–H and O–H groups in total. The first-order valence-electron chi connectivity index (χ1n) is 12.8. The molecule has 4 aliphatic carbocycles. The van der Waals surface area contributed by atoms with Crippen LogP contribution in [0.5, 0.6) is 0 Å². The Balaban J connectivity index is 1.54. The second-order valence-corrected chi connectivity index (χ2v) is 12.4. The zero-order valence-electron chi connectivity index (χ0n) is 20.3. The van der Waals surface area contributed by atoms with Crippen molar-refractivity contribution in [3.05, 3.63) is 23.3 Å². The molecule has 0 amide bonds. The molecule has 2 heteroatoms. The second-order valence-electron chi connectivity index (χ2n) is 12.4. The Morgan fingerprint density at radius 2 is 1.70 bits per heavy atom. The van der Waals surface area contributed by atoms with Crippen LogP contribution in [0.1, 0.15) is 92.9 Å². The molecule has 3 unspecified atom stereocenters. The Labute approximate surface area is 185 Å². The predicted octanol–water partition coefficient (Wildman–Crippen LogP) is 6.53. The average Bonchev–Trinajstić information content (AvgIpc) is 3.05. The van der Waals surface area contributed by atoms with Crippen LogP contribution in [0.15, 0.2) is 23.3 Å². The minimum absolute atomic E-state index is 0.135. The van der Waals surface area contributed by atoms with E-state index < -0.39 is 0 Å². The molecule has 4 rings (SSSR count). The van der Waals surface area contributed by atoms with Crippen LogP contribution < -0.4 is 0 Å². The van der Waals surface area contributed by atoms with Crippen molar-refractivity contribution in [3.8, 4) is 0 Å². The number of rotatable bonds is 5. The largest absolute Gasteiger partial charge is 0.393 e. The molecule has 9 atom stereocenters. The van der Waals surface area contributed by atoms with Crippen molar-refractivity contribution in [2.45, 2.75) is 105 Å². The predicted molar refractivity (Wildman–Crippen MR) is 125 cm³/mol. The molecule has 0 heterocycles. The third-order valence-corrected chi connectivity index (χ3v) is 10.6. The van der Waals surface area contributed by atoms with Crippen LogP contribution in [0.4, 0.5) is 0 Å². The lowest BCUT2D eigenvalue weighted by Gasteiger charge is -2.55. The van der Waals surface area contributed by atoms with Gasteiger partial charge < -0.3 is 10.2 Å². The minimum Gasteiger partial charge on any atom is -0.393 e. The maximum absolute atomic E-state index is 10.8. The van der Waals surface area contributed by atoms with Gasteiger partial charge in [0.25, 0.3) is 0 Å². The smallest absolute Gasteiger partial charge is 0.0578 e. The van der Waals surface area contributed by atoms with Crippen molar-refractivity contribution in [2.75, 3.05) is 0 Å². The molecule has 0 aromatic rings. The van der Waals surface area contributed by atoms with E-state index in [1.165, 1.54) is 31.3 Å². The van der Waals surface area contributed by atoms with Gasteiger partial charge in [0, 0.05) is 0 Å². The normalized spacial score (nSPS) is 43.8. The summed E-state index contributed by atoms with van der Waals surface area (Å²) in [5.74, 6) is 3.62. The summed E-state index contributed by atoms with van der Waals surface area (Å²) in [4.78, 5) is 0. The van der Waals surface area contributed by atoms with Crippen LogP contribution in [0.25, 0.3) is 0 Å². The number of hydrogen-bond acceptors (Lipinski definition) is 2. The van der Waals surface area contributed by atoms with E-state index >= 15 is 0 Å². The highest BCUT2D eigenvalue weighted by Gasteiger charge is 2.57. The number of fused-ring (bicyclic) bond motifs is 5. The van der Waals surface area contributed by atoms with Crippen molar-refractivity contribution < 1.29 is 10.2 Å². The summed E-state index contributed by atoms with van der Waals surface area (Å²) in [6.45, 7) is 14.2. The molecule has 4 aliphatic rings. The van der Waals surface area contributed by atoms with Crippen LogP contribution in [0.2, 0.25) is 0 Å². The van der Waals surface area contributed by atoms with E-state index in [4.69, 9.17) is 0 Å². The fourth-order valence-electron chi connectivity index (χ4n) is 8.16. The minimum atomic E-state index is -0.175. The van der Waals surface area contributed by atoms with Gasteiger partial charge in [0.2, 0.25) is 0 Å². The first kappa shape index (κ1) is 22.6. The molecule has 0 spiro atoms. The molecule has 3 fully saturated rings. The molecule has 3 saturated carbocycles. The lowest BCUT2D eigenvalue weighted by Crippen LogP contribution is -2.46. The van der Waals surface area contributed by atoms with E-state index in [-0.39, 0.29) is 17.6 Å². The molecule has 0 bridgehead atoms. The summed E-state index contributed by atoms with van der Waals surface area (Å²) in [7, 11) is 0. The van der Waals surface area contributed by atoms with Crippen molar-refractivity contribution in [3.63, 3.8) is 0 Å². The topological polar surface area (TPSA) is 40.5 Å². The Hall–Kier alpha value is -0.600. The summed E-state index contributed by atoms with van der Waals surface area (Å²) in [6.07, 6.45) is 13.8. The summed E-state index contributed by atoms with van der Waals surface area (Å²) in [5, 5.41) is 21.0. The number of allylic oxidation sites excluding steroid dienone is 3. The fraction of sp³-hybridized carbons (Fsp3) is 0.857. The van der Waals surface area contributed by atoms with Crippen LogP contribution >= 0.6 is 0 Å². The van der Waals surface area contributed by atoms with Crippen molar-refractivity contribution in [1.29, 1.82) is 0 Å². The Bertz CT molecular complexity index is 705. The monoisotopic (exact) mass is 414 g/mol. The molecule has 0 aliphatic heterocycles. The standard InChI is InChI=1S/C28H46O2/c1-17(2)19(4)26(30)15-18(3)23-9-10-24-22-8-7-20-16-21(29)11-13-27(20,5)25(22)12-14-28(23,24)6/h7-8,17-19,21,23-26,29-30H,9-16H2,1-6H3/t18-,19-,21+,23?,24?,25?,26-,27+,28-/m1/s1. The molecule has 30 heavy (non-hydrogen) atoms. The van der Waals surface area contributed by atoms with Gasteiger partial charge in [-0.05, 0) is 97.7 Å². The zero-order valence-corrected chi connectivity index (χ0v) is 20.3. The number of aliphatic hydroxyl groups is 2. The first-order chi connectivity index (χ1) is 14.1.